The summed E-state index contributed by atoms with van der Waals surface area (Å²) in [6.45, 7) is 6.30. The maximum absolute atomic E-state index is 14.3. The lowest BCUT2D eigenvalue weighted by atomic mass is 10.0. The van der Waals surface area contributed by atoms with Crippen LogP contribution in [0.15, 0.2) is 43.0 Å². The summed E-state index contributed by atoms with van der Waals surface area (Å²) in [5.74, 6) is -6.43. The van der Waals surface area contributed by atoms with Crippen LogP contribution >= 0.6 is 0 Å². The highest BCUT2D eigenvalue weighted by molar-refractivity contribution is 5.83. The van der Waals surface area contributed by atoms with Gasteiger partial charge in [-0.25, -0.2) is 13.6 Å². The number of halogens is 3. The number of rotatable bonds is 5. The summed E-state index contributed by atoms with van der Waals surface area (Å²) in [5, 5.41) is 0. The molecule has 0 N–H and O–H groups in total. The molecular formula is C19H15F3O4. The van der Waals surface area contributed by atoms with Gasteiger partial charge in [0, 0.05) is 23.3 Å². The SMILES string of the molecule is C=CC(=O)Oc1ccc(-c2ccc(OC(=O)C(C)C)c(F)c2F)c(F)c1. The van der Waals surface area contributed by atoms with Crippen molar-refractivity contribution in [3.8, 4) is 22.6 Å². The van der Waals surface area contributed by atoms with Gasteiger partial charge in [0.25, 0.3) is 0 Å². The van der Waals surface area contributed by atoms with Crippen molar-refractivity contribution in [2.45, 2.75) is 13.8 Å². The maximum Gasteiger partial charge on any atom is 0.335 e. The largest absolute Gasteiger partial charge is 0.423 e. The van der Waals surface area contributed by atoms with Gasteiger partial charge in [0.05, 0.1) is 5.92 Å². The zero-order valence-corrected chi connectivity index (χ0v) is 14.0. The number of ether oxygens (including phenoxy) is 2. The Morgan fingerprint density at radius 2 is 1.65 bits per heavy atom. The van der Waals surface area contributed by atoms with Crippen molar-refractivity contribution in [1.82, 2.24) is 0 Å². The van der Waals surface area contributed by atoms with Crippen LogP contribution in [0.1, 0.15) is 13.8 Å². The van der Waals surface area contributed by atoms with Crippen molar-refractivity contribution in [2.24, 2.45) is 5.92 Å². The molecule has 7 heteroatoms. The molecule has 0 atom stereocenters. The molecule has 2 rings (SSSR count). The average Bonchev–Trinajstić information content (AvgIpc) is 2.59. The van der Waals surface area contributed by atoms with Gasteiger partial charge < -0.3 is 9.47 Å². The Hall–Kier alpha value is -3.09. The summed E-state index contributed by atoms with van der Waals surface area (Å²) in [7, 11) is 0. The minimum Gasteiger partial charge on any atom is -0.423 e. The van der Waals surface area contributed by atoms with Crippen molar-refractivity contribution in [1.29, 1.82) is 0 Å². The lowest BCUT2D eigenvalue weighted by Crippen LogP contribution is -2.16. The molecule has 0 unspecified atom stereocenters. The van der Waals surface area contributed by atoms with Gasteiger partial charge in [-0.1, -0.05) is 20.4 Å². The molecule has 0 heterocycles. The fourth-order valence-electron chi connectivity index (χ4n) is 1.98. The Labute approximate surface area is 147 Å². The van der Waals surface area contributed by atoms with E-state index in [1.54, 1.807) is 13.8 Å². The zero-order chi connectivity index (χ0) is 19.4. The van der Waals surface area contributed by atoms with Gasteiger partial charge in [0.15, 0.2) is 11.6 Å². The first-order valence-corrected chi connectivity index (χ1v) is 7.58. The zero-order valence-electron chi connectivity index (χ0n) is 14.0. The molecule has 0 amide bonds. The van der Waals surface area contributed by atoms with Crippen molar-refractivity contribution >= 4 is 11.9 Å². The monoisotopic (exact) mass is 364 g/mol. The highest BCUT2D eigenvalue weighted by atomic mass is 19.2. The fraction of sp³-hybridized carbons (Fsp3) is 0.158. The molecule has 136 valence electrons. The standard InChI is InChI=1S/C19H15F3O4/c1-4-16(23)25-11-5-6-12(14(20)9-11)13-7-8-15(18(22)17(13)21)26-19(24)10(2)3/h4-10H,1H2,2-3H3. The molecule has 26 heavy (non-hydrogen) atoms. The van der Waals surface area contributed by atoms with Crippen molar-refractivity contribution in [3.63, 3.8) is 0 Å². The molecule has 0 saturated heterocycles. The van der Waals surface area contributed by atoms with E-state index in [2.05, 4.69) is 6.58 Å². The van der Waals surface area contributed by atoms with Gasteiger partial charge in [-0.3, -0.25) is 4.79 Å². The van der Waals surface area contributed by atoms with Gasteiger partial charge in [-0.05, 0) is 24.3 Å². The molecule has 0 aliphatic carbocycles. The summed E-state index contributed by atoms with van der Waals surface area (Å²) >= 11 is 0. The number of hydrogen-bond acceptors (Lipinski definition) is 4. The van der Waals surface area contributed by atoms with Crippen LogP contribution in [-0.2, 0) is 9.59 Å². The second kappa shape index (κ2) is 7.86. The smallest absolute Gasteiger partial charge is 0.335 e. The maximum atomic E-state index is 14.3. The first-order chi connectivity index (χ1) is 12.2. The van der Waals surface area contributed by atoms with Crippen molar-refractivity contribution in [2.75, 3.05) is 0 Å². The highest BCUT2D eigenvalue weighted by Gasteiger charge is 2.21. The number of carbonyl (C=O) groups excluding carboxylic acids is 2. The number of hydrogen-bond donors (Lipinski definition) is 0. The summed E-state index contributed by atoms with van der Waals surface area (Å²) in [6, 6.07) is 5.36. The molecule has 4 nitrogen and oxygen atoms in total. The van der Waals surface area contributed by atoms with E-state index in [0.717, 1.165) is 30.3 Å². The third-order valence-electron chi connectivity index (χ3n) is 3.34. The van der Waals surface area contributed by atoms with Crippen LogP contribution in [0.25, 0.3) is 11.1 Å². The van der Waals surface area contributed by atoms with E-state index < -0.39 is 41.1 Å². The summed E-state index contributed by atoms with van der Waals surface area (Å²) in [5.41, 5.74) is -0.618. The number of esters is 2. The minimum atomic E-state index is -1.40. The Morgan fingerprint density at radius 1 is 1.00 bits per heavy atom. The van der Waals surface area contributed by atoms with Crippen LogP contribution in [0.3, 0.4) is 0 Å². The van der Waals surface area contributed by atoms with E-state index in [4.69, 9.17) is 9.47 Å². The molecular weight excluding hydrogens is 349 g/mol. The van der Waals surface area contributed by atoms with E-state index >= 15 is 0 Å². The van der Waals surface area contributed by atoms with Gasteiger partial charge in [-0.15, -0.1) is 0 Å². The van der Waals surface area contributed by atoms with Crippen molar-refractivity contribution in [3.05, 3.63) is 60.4 Å². The Morgan fingerprint density at radius 3 is 2.23 bits per heavy atom. The molecule has 2 aromatic carbocycles. The summed E-state index contributed by atoms with van der Waals surface area (Å²) in [6.07, 6.45) is 0.901. The first kappa shape index (κ1) is 19.2. The molecule has 0 aliphatic rings. The minimum absolute atomic E-state index is 0.112. The Bertz CT molecular complexity index is 875. The van der Waals surface area contributed by atoms with E-state index in [0.29, 0.717) is 0 Å². The molecule has 0 saturated carbocycles. The van der Waals surface area contributed by atoms with Crippen LogP contribution in [-0.4, -0.2) is 11.9 Å². The third kappa shape index (κ3) is 4.11. The summed E-state index contributed by atoms with van der Waals surface area (Å²) < 4.78 is 52.2. The Balaban J connectivity index is 2.37. The molecule has 0 bridgehead atoms. The van der Waals surface area contributed by atoms with Crippen molar-refractivity contribution < 1.29 is 32.2 Å². The second-order valence-corrected chi connectivity index (χ2v) is 5.58. The number of carbonyl (C=O) groups is 2. The van der Waals surface area contributed by atoms with Gasteiger partial charge in [0.2, 0.25) is 5.82 Å². The van der Waals surface area contributed by atoms with Crippen LogP contribution in [0, 0.1) is 23.4 Å². The lowest BCUT2D eigenvalue weighted by molar-refractivity contribution is -0.138. The Kier molecular flexibility index (Phi) is 5.82. The normalized spacial score (nSPS) is 10.5. The molecule has 0 aromatic heterocycles. The quantitative estimate of drug-likeness (QED) is 0.448. The van der Waals surface area contributed by atoms with E-state index in [1.165, 1.54) is 6.07 Å². The molecule has 0 spiro atoms. The van der Waals surface area contributed by atoms with Gasteiger partial charge in [0.1, 0.15) is 11.6 Å². The number of benzene rings is 2. The van der Waals surface area contributed by atoms with E-state index in [1.807, 2.05) is 0 Å². The second-order valence-electron chi connectivity index (χ2n) is 5.58. The summed E-state index contributed by atoms with van der Waals surface area (Å²) in [4.78, 5) is 22.6. The highest BCUT2D eigenvalue weighted by Crippen LogP contribution is 2.33. The van der Waals surface area contributed by atoms with Crippen LogP contribution < -0.4 is 9.47 Å². The van der Waals surface area contributed by atoms with E-state index in [-0.39, 0.29) is 16.9 Å². The van der Waals surface area contributed by atoms with Crippen LogP contribution in [0.5, 0.6) is 11.5 Å². The molecule has 0 radical (unpaired) electrons. The molecule has 0 aliphatic heterocycles. The first-order valence-electron chi connectivity index (χ1n) is 7.58. The predicted molar refractivity (Wildman–Crippen MR) is 88.1 cm³/mol. The van der Waals surface area contributed by atoms with Gasteiger partial charge >= 0.3 is 11.9 Å². The third-order valence-corrected chi connectivity index (χ3v) is 3.34. The van der Waals surface area contributed by atoms with Gasteiger partial charge in [-0.2, -0.15) is 4.39 Å². The van der Waals surface area contributed by atoms with Crippen LogP contribution in [0.2, 0.25) is 0 Å². The predicted octanol–water partition coefficient (Wildman–Crippen LogP) is 4.42. The lowest BCUT2D eigenvalue weighted by Gasteiger charge is -2.11. The topological polar surface area (TPSA) is 52.6 Å². The average molecular weight is 364 g/mol. The molecule has 2 aromatic rings. The van der Waals surface area contributed by atoms with Crippen LogP contribution in [0.4, 0.5) is 13.2 Å². The fourth-order valence-corrected chi connectivity index (χ4v) is 1.98. The molecule has 0 fully saturated rings. The van der Waals surface area contributed by atoms with E-state index in [9.17, 15) is 22.8 Å².